The fourth-order valence-electron chi connectivity index (χ4n) is 3.12. The average molecular weight is 416 g/mol. The van der Waals surface area contributed by atoms with E-state index in [-0.39, 0.29) is 43.2 Å². The molecule has 3 N–H and O–H groups in total. The topological polar surface area (TPSA) is 131 Å². The first-order chi connectivity index (χ1) is 14.5. The predicted molar refractivity (Wildman–Crippen MR) is 104 cm³/mol. The van der Waals surface area contributed by atoms with E-state index in [1.54, 1.807) is 0 Å². The van der Waals surface area contributed by atoms with E-state index in [0.29, 0.717) is 24.1 Å². The molecule has 0 aromatic carbocycles. The molecule has 30 heavy (non-hydrogen) atoms. The average Bonchev–Trinajstić information content (AvgIpc) is 2.76. The number of halogens is 2. The van der Waals surface area contributed by atoms with E-state index in [1.165, 1.54) is 23.2 Å². The molecule has 0 saturated carbocycles. The number of aldehydes is 1. The van der Waals surface area contributed by atoms with Crippen molar-refractivity contribution >= 4 is 29.6 Å². The number of nitrogens with one attached hydrogen (secondary N) is 2. The fourth-order valence-corrected chi connectivity index (χ4v) is 3.12. The molecule has 1 aliphatic heterocycles. The second-order valence-corrected chi connectivity index (χ2v) is 6.43. The number of hydrogen-bond donors (Lipinski definition) is 3. The van der Waals surface area contributed by atoms with Gasteiger partial charge in [-0.05, 0) is 24.5 Å². The highest BCUT2D eigenvalue weighted by atomic mass is 19.3. The summed E-state index contributed by atoms with van der Waals surface area (Å²) in [6, 6.07) is 4.01. The number of carbonyl (C=O) groups is 2. The van der Waals surface area contributed by atoms with Crippen molar-refractivity contribution in [3.63, 3.8) is 0 Å². The molecular weight excluding hydrogens is 398 g/mol. The lowest BCUT2D eigenvalue weighted by molar-refractivity contribution is 0.110. The number of aliphatic hydroxyl groups is 1. The van der Waals surface area contributed by atoms with Gasteiger partial charge in [0.05, 0.1) is 17.9 Å². The summed E-state index contributed by atoms with van der Waals surface area (Å²) in [7, 11) is 0. The van der Waals surface area contributed by atoms with Crippen LogP contribution in [0.25, 0.3) is 0 Å². The molecule has 0 atom stereocenters. The highest BCUT2D eigenvalue weighted by Crippen LogP contribution is 2.31. The van der Waals surface area contributed by atoms with Crippen molar-refractivity contribution in [2.24, 2.45) is 0 Å². The largest absolute Gasteiger partial charge is 0.395 e. The fraction of sp³-hybridized carbons (Fsp3) is 0.316. The van der Waals surface area contributed by atoms with Crippen LogP contribution in [0.3, 0.4) is 0 Å². The monoisotopic (exact) mass is 416 g/mol. The lowest BCUT2D eigenvalue weighted by Gasteiger charge is -2.29. The first-order valence-corrected chi connectivity index (χ1v) is 9.09. The summed E-state index contributed by atoms with van der Waals surface area (Å²) in [4.78, 5) is 33.3. The predicted octanol–water partition coefficient (Wildman–Crippen LogP) is 2.49. The van der Waals surface area contributed by atoms with Gasteiger partial charge in [-0.1, -0.05) is 0 Å². The van der Waals surface area contributed by atoms with Gasteiger partial charge in [0.2, 0.25) is 0 Å². The zero-order valence-electron chi connectivity index (χ0n) is 15.7. The number of carbonyl (C=O) groups excluding carboxylic acids is 2. The molecule has 3 heterocycles. The van der Waals surface area contributed by atoms with Gasteiger partial charge in [-0.25, -0.2) is 23.5 Å². The van der Waals surface area contributed by atoms with Crippen molar-refractivity contribution in [1.82, 2.24) is 9.97 Å². The second-order valence-electron chi connectivity index (χ2n) is 6.43. The number of rotatable bonds is 6. The molecule has 0 bridgehead atoms. The minimum atomic E-state index is -2.85. The SMILES string of the molecule is N#Cc1cnc(NC(=O)N2CCCc3cc(C(F)F)c(C=O)nc32)cc1NCCO. The maximum Gasteiger partial charge on any atom is 0.328 e. The van der Waals surface area contributed by atoms with Crippen molar-refractivity contribution < 1.29 is 23.5 Å². The van der Waals surface area contributed by atoms with Crippen molar-refractivity contribution in [3.8, 4) is 6.07 Å². The summed E-state index contributed by atoms with van der Waals surface area (Å²) in [5, 5.41) is 23.5. The van der Waals surface area contributed by atoms with Gasteiger partial charge in [-0.15, -0.1) is 0 Å². The second kappa shape index (κ2) is 9.23. The number of aryl methyl sites for hydroxylation is 1. The number of aliphatic hydroxyl groups excluding tert-OH is 1. The molecule has 9 nitrogen and oxygen atoms in total. The number of aromatic nitrogens is 2. The zero-order chi connectivity index (χ0) is 21.7. The quantitative estimate of drug-likeness (QED) is 0.617. The maximum absolute atomic E-state index is 13.2. The molecule has 0 unspecified atom stereocenters. The van der Waals surface area contributed by atoms with Gasteiger partial charge in [0.15, 0.2) is 6.29 Å². The molecule has 1 aliphatic rings. The summed E-state index contributed by atoms with van der Waals surface area (Å²) < 4.78 is 26.3. The van der Waals surface area contributed by atoms with Crippen LogP contribution in [-0.4, -0.2) is 47.1 Å². The summed E-state index contributed by atoms with van der Waals surface area (Å²) in [6.07, 6.45) is -0.338. The van der Waals surface area contributed by atoms with E-state index >= 15 is 0 Å². The smallest absolute Gasteiger partial charge is 0.328 e. The summed E-state index contributed by atoms with van der Waals surface area (Å²) in [5.41, 5.74) is 0.214. The van der Waals surface area contributed by atoms with E-state index in [2.05, 4.69) is 20.6 Å². The molecule has 2 aromatic heterocycles. The Morgan fingerprint density at radius 2 is 2.23 bits per heavy atom. The van der Waals surface area contributed by atoms with Crippen LogP contribution in [0.1, 0.15) is 40.0 Å². The Kier molecular flexibility index (Phi) is 6.48. The minimum Gasteiger partial charge on any atom is -0.395 e. The van der Waals surface area contributed by atoms with Crippen molar-refractivity contribution in [1.29, 1.82) is 5.26 Å². The Labute approximate surface area is 170 Å². The molecule has 0 aliphatic carbocycles. The normalized spacial score (nSPS) is 12.8. The van der Waals surface area contributed by atoms with E-state index in [9.17, 15) is 18.4 Å². The van der Waals surface area contributed by atoms with Gasteiger partial charge in [0.25, 0.3) is 6.43 Å². The number of amides is 2. The molecule has 0 fully saturated rings. The number of fused-ring (bicyclic) bond motifs is 1. The molecule has 156 valence electrons. The Balaban J connectivity index is 1.87. The van der Waals surface area contributed by atoms with Crippen molar-refractivity contribution in [3.05, 3.63) is 40.7 Å². The maximum atomic E-state index is 13.2. The Morgan fingerprint density at radius 1 is 1.43 bits per heavy atom. The summed E-state index contributed by atoms with van der Waals surface area (Å²) >= 11 is 0. The summed E-state index contributed by atoms with van der Waals surface area (Å²) in [6.45, 7) is 0.339. The standard InChI is InChI=1S/C19H18F2N6O3/c20-17(21)13-6-11-2-1-4-27(18(11)25-15(13)10-29)19(30)26-16-7-14(23-3-5-28)12(8-22)9-24-16/h6-7,9-10,17,28H,1-5H2,(H2,23,24,26,30). The number of nitriles is 1. The van der Waals surface area contributed by atoms with Crippen LogP contribution in [-0.2, 0) is 6.42 Å². The number of pyridine rings is 2. The Hall–Kier alpha value is -3.65. The highest BCUT2D eigenvalue weighted by molar-refractivity contribution is 6.01. The molecule has 2 aromatic rings. The number of urea groups is 1. The Bertz CT molecular complexity index is 1010. The van der Waals surface area contributed by atoms with Crippen LogP contribution in [0.4, 0.5) is 30.9 Å². The molecule has 3 rings (SSSR count). The van der Waals surface area contributed by atoms with Crippen LogP contribution in [0.5, 0.6) is 0 Å². The highest BCUT2D eigenvalue weighted by Gasteiger charge is 2.28. The van der Waals surface area contributed by atoms with Gasteiger partial charge in [-0.2, -0.15) is 5.26 Å². The first kappa shape index (κ1) is 21.1. The number of hydrogen-bond acceptors (Lipinski definition) is 7. The lowest BCUT2D eigenvalue weighted by atomic mass is 10.0. The van der Waals surface area contributed by atoms with Gasteiger partial charge < -0.3 is 10.4 Å². The van der Waals surface area contributed by atoms with Gasteiger partial charge in [-0.3, -0.25) is 15.0 Å². The van der Waals surface area contributed by atoms with Gasteiger partial charge in [0.1, 0.15) is 23.4 Å². The van der Waals surface area contributed by atoms with Crippen LogP contribution in [0.2, 0.25) is 0 Å². The van der Waals surface area contributed by atoms with E-state index in [1.807, 2.05) is 6.07 Å². The first-order valence-electron chi connectivity index (χ1n) is 9.09. The lowest BCUT2D eigenvalue weighted by Crippen LogP contribution is -2.40. The summed E-state index contributed by atoms with van der Waals surface area (Å²) in [5.74, 6) is 0.295. The third-order valence-corrected chi connectivity index (χ3v) is 4.50. The van der Waals surface area contributed by atoms with Crippen LogP contribution in [0.15, 0.2) is 18.3 Å². The van der Waals surface area contributed by atoms with Crippen molar-refractivity contribution in [2.75, 3.05) is 35.2 Å². The van der Waals surface area contributed by atoms with Crippen molar-refractivity contribution in [2.45, 2.75) is 19.3 Å². The molecule has 11 heteroatoms. The molecule has 0 spiro atoms. The van der Waals surface area contributed by atoms with E-state index < -0.39 is 23.7 Å². The third-order valence-electron chi connectivity index (χ3n) is 4.50. The van der Waals surface area contributed by atoms with Gasteiger partial charge in [0, 0.05) is 30.9 Å². The van der Waals surface area contributed by atoms with Crippen LogP contribution >= 0.6 is 0 Å². The number of nitrogens with zero attached hydrogens (tertiary/aromatic N) is 4. The third kappa shape index (κ3) is 4.33. The molecular formula is C19H18F2N6O3. The Morgan fingerprint density at radius 3 is 2.90 bits per heavy atom. The van der Waals surface area contributed by atoms with E-state index in [4.69, 9.17) is 10.4 Å². The van der Waals surface area contributed by atoms with Crippen LogP contribution in [0, 0.1) is 11.3 Å². The number of anilines is 3. The van der Waals surface area contributed by atoms with E-state index in [0.717, 1.165) is 0 Å². The molecule has 2 amide bonds. The number of alkyl halides is 2. The molecule has 0 radical (unpaired) electrons. The molecule has 0 saturated heterocycles. The minimum absolute atomic E-state index is 0.145. The zero-order valence-corrected chi connectivity index (χ0v) is 15.7. The van der Waals surface area contributed by atoms with Gasteiger partial charge >= 0.3 is 6.03 Å². The van der Waals surface area contributed by atoms with Crippen LogP contribution < -0.4 is 15.5 Å².